The molecule has 0 aliphatic heterocycles. The van der Waals surface area contributed by atoms with Crippen LogP contribution in [0.25, 0.3) is 0 Å². The first kappa shape index (κ1) is 78.4. The van der Waals surface area contributed by atoms with E-state index < -0.39 is 6.10 Å². The molecule has 6 nitrogen and oxygen atoms in total. The summed E-state index contributed by atoms with van der Waals surface area (Å²) in [6.45, 7) is 6.65. The Morgan fingerprint density at radius 1 is 0.200 bits per heavy atom. The Balaban J connectivity index is 3.83. The van der Waals surface area contributed by atoms with Crippen molar-refractivity contribution in [2.75, 3.05) is 13.2 Å². The maximum atomic E-state index is 12.9. The van der Waals surface area contributed by atoms with Gasteiger partial charge in [0.2, 0.25) is 0 Å². The first-order chi connectivity index (χ1) is 39.5. The molecule has 476 valence electrons. The zero-order valence-corrected chi connectivity index (χ0v) is 54.9. The molecule has 0 radical (unpaired) electrons. The molecule has 0 heterocycles. The number of rotatable bonds is 70. The van der Waals surface area contributed by atoms with Crippen molar-refractivity contribution in [2.45, 2.75) is 444 Å². The van der Waals surface area contributed by atoms with Crippen molar-refractivity contribution in [2.24, 2.45) is 0 Å². The predicted molar refractivity (Wildman–Crippen MR) is 349 cm³/mol. The summed E-state index contributed by atoms with van der Waals surface area (Å²) in [5.74, 6) is -0.842. The fourth-order valence-electron chi connectivity index (χ4n) is 11.8. The number of ether oxygens (including phenoxy) is 3. The van der Waals surface area contributed by atoms with Crippen LogP contribution in [-0.4, -0.2) is 37.2 Å². The van der Waals surface area contributed by atoms with Gasteiger partial charge in [0, 0.05) is 19.3 Å². The highest BCUT2D eigenvalue weighted by molar-refractivity contribution is 5.71. The molecule has 1 atom stereocenters. The molecule has 0 aromatic rings. The number of hydrogen-bond donors (Lipinski definition) is 0. The van der Waals surface area contributed by atoms with Crippen LogP contribution in [0.3, 0.4) is 0 Å². The number of carbonyl (C=O) groups excluding carboxylic acids is 3. The van der Waals surface area contributed by atoms with Crippen LogP contribution in [-0.2, 0) is 28.6 Å². The minimum atomic E-state index is -0.761. The Labute approximate surface area is 501 Å². The number of hydrogen-bond acceptors (Lipinski definition) is 6. The molecule has 0 saturated carbocycles. The van der Waals surface area contributed by atoms with E-state index in [-0.39, 0.29) is 31.1 Å². The molecular formula is C74H144O6. The van der Waals surface area contributed by atoms with Gasteiger partial charge in [0.1, 0.15) is 13.2 Å². The molecule has 0 aromatic carbocycles. The second-order valence-electron chi connectivity index (χ2n) is 25.6. The highest BCUT2D eigenvalue weighted by Crippen LogP contribution is 2.20. The van der Waals surface area contributed by atoms with Crippen LogP contribution in [0.4, 0.5) is 0 Å². The van der Waals surface area contributed by atoms with Gasteiger partial charge >= 0.3 is 17.9 Å². The summed E-state index contributed by atoms with van der Waals surface area (Å²) < 4.78 is 16.8. The van der Waals surface area contributed by atoms with Crippen LogP contribution < -0.4 is 0 Å². The molecule has 6 heteroatoms. The van der Waals surface area contributed by atoms with E-state index in [4.69, 9.17) is 14.2 Å². The lowest BCUT2D eigenvalue weighted by Gasteiger charge is -2.18. The van der Waals surface area contributed by atoms with Crippen LogP contribution in [0.2, 0.25) is 0 Å². The van der Waals surface area contributed by atoms with Crippen LogP contribution in [0.1, 0.15) is 438 Å². The zero-order valence-electron chi connectivity index (χ0n) is 54.9. The quantitative estimate of drug-likeness (QED) is 0.0343. The van der Waals surface area contributed by atoms with Gasteiger partial charge in [0.15, 0.2) is 6.10 Å². The monoisotopic (exact) mass is 1130 g/mol. The average Bonchev–Trinajstić information content (AvgIpc) is 3.46. The molecule has 80 heavy (non-hydrogen) atoms. The Morgan fingerprint density at radius 3 is 0.500 bits per heavy atom. The Kier molecular flexibility index (Phi) is 68.5. The number of unbranched alkanes of at least 4 members (excludes halogenated alkanes) is 59. The van der Waals surface area contributed by atoms with Gasteiger partial charge in [-0.2, -0.15) is 0 Å². The van der Waals surface area contributed by atoms with Gasteiger partial charge in [-0.1, -0.05) is 400 Å². The van der Waals surface area contributed by atoms with Gasteiger partial charge in [-0.25, -0.2) is 0 Å². The fraction of sp³-hybridized carbons (Fsp3) is 0.959. The van der Waals surface area contributed by atoms with Gasteiger partial charge in [0.25, 0.3) is 0 Å². The van der Waals surface area contributed by atoms with Gasteiger partial charge in [-0.15, -0.1) is 0 Å². The van der Waals surface area contributed by atoms with Crippen molar-refractivity contribution in [1.29, 1.82) is 0 Å². The molecule has 0 spiro atoms. The fourth-order valence-corrected chi connectivity index (χ4v) is 11.8. The van der Waals surface area contributed by atoms with Gasteiger partial charge < -0.3 is 14.2 Å². The molecule has 0 bridgehead atoms. The van der Waals surface area contributed by atoms with Crippen LogP contribution in [0, 0.1) is 0 Å². The molecule has 0 aliphatic carbocycles. The van der Waals surface area contributed by atoms with Crippen molar-refractivity contribution in [3.05, 3.63) is 0 Å². The van der Waals surface area contributed by atoms with Crippen molar-refractivity contribution >= 4 is 17.9 Å². The highest BCUT2D eigenvalue weighted by Gasteiger charge is 2.20. The standard InChI is InChI=1S/C74H144O6/c1-4-7-10-13-15-17-19-21-23-25-27-29-31-32-33-34-35-36-37-38-39-40-41-43-44-46-48-50-52-54-56-58-61-64-67-73(76)79-70-71(69-78-72(75)66-63-60-12-9-6-3)80-74(77)68-65-62-59-57-55-53-51-49-47-45-42-30-28-26-24-22-20-18-16-14-11-8-5-2/h71H,4-70H2,1-3H3. The molecular weight excluding hydrogens is 985 g/mol. The third kappa shape index (κ3) is 67.2. The Bertz CT molecular complexity index is 1200. The molecule has 1 unspecified atom stereocenters. The normalized spacial score (nSPS) is 11.9. The van der Waals surface area contributed by atoms with Gasteiger partial charge in [0.05, 0.1) is 0 Å². The summed E-state index contributed by atoms with van der Waals surface area (Å²) in [6.07, 6.45) is 83.7. The van der Waals surface area contributed by atoms with E-state index in [1.54, 1.807) is 0 Å². The minimum absolute atomic E-state index is 0.0621. The second-order valence-corrected chi connectivity index (χ2v) is 25.6. The van der Waals surface area contributed by atoms with E-state index in [1.165, 1.54) is 334 Å². The summed E-state index contributed by atoms with van der Waals surface area (Å²) in [5, 5.41) is 0. The van der Waals surface area contributed by atoms with E-state index in [9.17, 15) is 14.4 Å². The van der Waals surface area contributed by atoms with Crippen LogP contribution >= 0.6 is 0 Å². The average molecular weight is 1130 g/mol. The zero-order chi connectivity index (χ0) is 57.8. The molecule has 0 N–H and O–H groups in total. The third-order valence-corrected chi connectivity index (χ3v) is 17.4. The first-order valence-corrected chi connectivity index (χ1v) is 37.0. The summed E-state index contributed by atoms with van der Waals surface area (Å²) in [7, 11) is 0. The lowest BCUT2D eigenvalue weighted by molar-refractivity contribution is -0.167. The maximum absolute atomic E-state index is 12.9. The molecule has 0 amide bonds. The summed E-state index contributed by atoms with van der Waals surface area (Å²) in [5.41, 5.74) is 0. The van der Waals surface area contributed by atoms with Crippen molar-refractivity contribution < 1.29 is 28.6 Å². The molecule has 0 aromatic heterocycles. The van der Waals surface area contributed by atoms with E-state index in [2.05, 4.69) is 20.8 Å². The van der Waals surface area contributed by atoms with Crippen molar-refractivity contribution in [3.8, 4) is 0 Å². The van der Waals surface area contributed by atoms with Gasteiger partial charge in [-0.05, 0) is 19.3 Å². The van der Waals surface area contributed by atoms with Crippen molar-refractivity contribution in [1.82, 2.24) is 0 Å². The summed E-state index contributed by atoms with van der Waals surface area (Å²) >= 11 is 0. The van der Waals surface area contributed by atoms with Crippen molar-refractivity contribution in [3.63, 3.8) is 0 Å². The van der Waals surface area contributed by atoms with E-state index in [1.807, 2.05) is 0 Å². The molecule has 0 aliphatic rings. The topological polar surface area (TPSA) is 78.9 Å². The largest absolute Gasteiger partial charge is 0.462 e. The Morgan fingerprint density at radius 2 is 0.338 bits per heavy atom. The summed E-state index contributed by atoms with van der Waals surface area (Å²) in [6, 6.07) is 0. The lowest BCUT2D eigenvalue weighted by atomic mass is 10.0. The van der Waals surface area contributed by atoms with E-state index in [0.29, 0.717) is 19.3 Å². The Hall–Kier alpha value is -1.59. The minimum Gasteiger partial charge on any atom is -0.462 e. The summed E-state index contributed by atoms with van der Waals surface area (Å²) in [4.78, 5) is 38.0. The first-order valence-electron chi connectivity index (χ1n) is 37.0. The SMILES string of the molecule is CCCCCCCCCCCCCCCCCCCCCCCCCCCCCCCCCCCCC(=O)OCC(COC(=O)CCCCCCC)OC(=O)CCCCCCCCCCCCCCCCCCCCCCCCC. The van der Waals surface area contributed by atoms with E-state index >= 15 is 0 Å². The highest BCUT2D eigenvalue weighted by atomic mass is 16.6. The van der Waals surface area contributed by atoms with Gasteiger partial charge in [-0.3, -0.25) is 14.4 Å². The smallest absolute Gasteiger partial charge is 0.306 e. The second kappa shape index (κ2) is 69.9. The predicted octanol–water partition coefficient (Wildman–Crippen LogP) is 25.4. The van der Waals surface area contributed by atoms with Crippen LogP contribution in [0.15, 0.2) is 0 Å². The molecule has 0 rings (SSSR count). The van der Waals surface area contributed by atoms with E-state index in [0.717, 1.165) is 64.2 Å². The number of carbonyl (C=O) groups is 3. The van der Waals surface area contributed by atoms with Crippen LogP contribution in [0.5, 0.6) is 0 Å². The maximum Gasteiger partial charge on any atom is 0.306 e. The molecule has 0 fully saturated rings. The lowest BCUT2D eigenvalue weighted by Crippen LogP contribution is -2.30. The molecule has 0 saturated heterocycles. The third-order valence-electron chi connectivity index (χ3n) is 17.4. The number of esters is 3.